The molecular formula is C17H16N2O3S2. The molecule has 0 saturated heterocycles. The maximum atomic E-state index is 12.3. The minimum Gasteiger partial charge on any atom is -0.298 e. The molecular weight excluding hydrogens is 344 g/mol. The molecule has 5 nitrogen and oxygen atoms in total. The quantitative estimate of drug-likeness (QED) is 0.774. The van der Waals surface area contributed by atoms with Crippen LogP contribution in [0.5, 0.6) is 0 Å². The van der Waals surface area contributed by atoms with Crippen molar-refractivity contribution in [2.45, 2.75) is 12.7 Å². The summed E-state index contributed by atoms with van der Waals surface area (Å²) in [5.41, 5.74) is 3.07. The molecule has 7 heteroatoms. The Hall–Kier alpha value is -2.25. The van der Waals surface area contributed by atoms with Crippen molar-refractivity contribution >= 4 is 42.4 Å². The van der Waals surface area contributed by atoms with E-state index in [4.69, 9.17) is 0 Å². The molecule has 24 heavy (non-hydrogen) atoms. The summed E-state index contributed by atoms with van der Waals surface area (Å²) in [6, 6.07) is 12.4. The first-order valence-corrected chi connectivity index (χ1v) is 10.1. The van der Waals surface area contributed by atoms with Crippen molar-refractivity contribution in [3.05, 3.63) is 59.2 Å². The van der Waals surface area contributed by atoms with Gasteiger partial charge in [-0.2, -0.15) is 0 Å². The number of hydrogen-bond donors (Lipinski definition) is 1. The van der Waals surface area contributed by atoms with Gasteiger partial charge in [-0.1, -0.05) is 35.6 Å². The summed E-state index contributed by atoms with van der Waals surface area (Å²) in [4.78, 5) is 16.8. The van der Waals surface area contributed by atoms with Crippen LogP contribution in [0.25, 0.3) is 10.2 Å². The van der Waals surface area contributed by atoms with Crippen LogP contribution in [0.2, 0.25) is 0 Å². The lowest BCUT2D eigenvalue weighted by atomic mass is 10.1. The molecule has 0 radical (unpaired) electrons. The van der Waals surface area contributed by atoms with Gasteiger partial charge in [0.15, 0.2) is 15.0 Å². The highest BCUT2D eigenvalue weighted by Crippen LogP contribution is 2.28. The van der Waals surface area contributed by atoms with Crippen molar-refractivity contribution in [2.75, 3.05) is 11.6 Å². The number of carbonyl (C=O) groups is 1. The van der Waals surface area contributed by atoms with Crippen molar-refractivity contribution < 1.29 is 13.2 Å². The molecule has 2 aromatic carbocycles. The van der Waals surface area contributed by atoms with E-state index in [9.17, 15) is 13.2 Å². The number of sulfone groups is 1. The van der Waals surface area contributed by atoms with E-state index in [2.05, 4.69) is 10.3 Å². The van der Waals surface area contributed by atoms with Crippen LogP contribution in [0.3, 0.4) is 0 Å². The van der Waals surface area contributed by atoms with Crippen LogP contribution in [-0.4, -0.2) is 25.6 Å². The van der Waals surface area contributed by atoms with Gasteiger partial charge in [-0.25, -0.2) is 13.4 Å². The number of aromatic nitrogens is 1. The predicted molar refractivity (Wildman–Crippen MR) is 97.3 cm³/mol. The molecule has 3 rings (SSSR count). The van der Waals surface area contributed by atoms with E-state index in [1.54, 1.807) is 24.3 Å². The van der Waals surface area contributed by atoms with Crippen LogP contribution < -0.4 is 5.32 Å². The molecule has 1 heterocycles. The SMILES string of the molecule is Cc1cccc2sc(NC(=O)c3ccc(CS(C)(=O)=O)cc3)nc12. The van der Waals surface area contributed by atoms with E-state index in [1.165, 1.54) is 17.6 Å². The van der Waals surface area contributed by atoms with Gasteiger partial charge >= 0.3 is 0 Å². The number of benzene rings is 2. The molecule has 0 saturated carbocycles. The fourth-order valence-corrected chi connectivity index (χ4v) is 4.10. The first-order chi connectivity index (χ1) is 11.3. The molecule has 1 N–H and O–H groups in total. The van der Waals surface area contributed by atoms with Gasteiger partial charge in [-0.05, 0) is 36.2 Å². The molecule has 1 amide bonds. The van der Waals surface area contributed by atoms with Crippen molar-refractivity contribution in [2.24, 2.45) is 0 Å². The van der Waals surface area contributed by atoms with E-state index in [0.717, 1.165) is 15.8 Å². The summed E-state index contributed by atoms with van der Waals surface area (Å²) >= 11 is 1.42. The Balaban J connectivity index is 1.77. The third-order valence-electron chi connectivity index (χ3n) is 3.49. The lowest BCUT2D eigenvalue weighted by Crippen LogP contribution is -2.11. The fraction of sp³-hybridized carbons (Fsp3) is 0.176. The molecule has 3 aromatic rings. The highest BCUT2D eigenvalue weighted by atomic mass is 32.2. The van der Waals surface area contributed by atoms with Crippen molar-refractivity contribution in [1.82, 2.24) is 4.98 Å². The number of anilines is 1. The molecule has 0 atom stereocenters. The summed E-state index contributed by atoms with van der Waals surface area (Å²) in [5, 5.41) is 3.34. The van der Waals surface area contributed by atoms with Gasteiger partial charge in [0, 0.05) is 11.8 Å². The first-order valence-electron chi connectivity index (χ1n) is 7.26. The topological polar surface area (TPSA) is 76.1 Å². The summed E-state index contributed by atoms with van der Waals surface area (Å²) in [5.74, 6) is -0.302. The number of para-hydroxylation sites is 1. The minimum absolute atomic E-state index is 0.0357. The fourth-order valence-electron chi connectivity index (χ4n) is 2.36. The second-order valence-corrected chi connectivity index (χ2v) is 8.83. The Labute approximate surface area is 144 Å². The smallest absolute Gasteiger partial charge is 0.257 e. The second kappa shape index (κ2) is 6.33. The molecule has 124 valence electrons. The van der Waals surface area contributed by atoms with Gasteiger partial charge in [0.05, 0.1) is 16.0 Å². The second-order valence-electron chi connectivity index (χ2n) is 5.66. The van der Waals surface area contributed by atoms with Crippen molar-refractivity contribution in [1.29, 1.82) is 0 Å². The van der Waals surface area contributed by atoms with Crippen LogP contribution in [0.4, 0.5) is 5.13 Å². The number of hydrogen-bond acceptors (Lipinski definition) is 5. The zero-order chi connectivity index (χ0) is 17.3. The number of nitrogens with zero attached hydrogens (tertiary/aromatic N) is 1. The highest BCUT2D eigenvalue weighted by Gasteiger charge is 2.11. The Morgan fingerprint density at radius 2 is 1.88 bits per heavy atom. The average molecular weight is 360 g/mol. The normalized spacial score (nSPS) is 11.6. The highest BCUT2D eigenvalue weighted by molar-refractivity contribution is 7.89. The van der Waals surface area contributed by atoms with Gasteiger partial charge in [-0.15, -0.1) is 0 Å². The standard InChI is InChI=1S/C17H16N2O3S2/c1-11-4-3-5-14-15(11)18-17(23-14)19-16(20)13-8-6-12(7-9-13)10-24(2,21)22/h3-9H,10H2,1-2H3,(H,18,19,20). The summed E-state index contributed by atoms with van der Waals surface area (Å²) in [6.07, 6.45) is 1.18. The first kappa shape index (κ1) is 16.6. The van der Waals surface area contributed by atoms with Gasteiger partial charge in [0.2, 0.25) is 0 Å². The maximum absolute atomic E-state index is 12.3. The number of fused-ring (bicyclic) bond motifs is 1. The Kier molecular flexibility index (Phi) is 4.38. The number of thiazole rings is 1. The number of carbonyl (C=O) groups excluding carboxylic acids is 1. The summed E-state index contributed by atoms with van der Waals surface area (Å²) in [7, 11) is -3.09. The predicted octanol–water partition coefficient (Wildman–Crippen LogP) is 3.40. The van der Waals surface area contributed by atoms with Gasteiger partial charge in [0.25, 0.3) is 5.91 Å². The lowest BCUT2D eigenvalue weighted by molar-refractivity contribution is 0.102. The maximum Gasteiger partial charge on any atom is 0.257 e. The lowest BCUT2D eigenvalue weighted by Gasteiger charge is -2.03. The zero-order valence-corrected chi connectivity index (χ0v) is 14.9. The Morgan fingerprint density at radius 3 is 2.50 bits per heavy atom. The van der Waals surface area contributed by atoms with Gasteiger partial charge in [-0.3, -0.25) is 10.1 Å². The van der Waals surface area contributed by atoms with Gasteiger partial charge < -0.3 is 0 Å². The van der Waals surface area contributed by atoms with Crippen LogP contribution in [0, 0.1) is 6.92 Å². The summed E-state index contributed by atoms with van der Waals surface area (Å²) < 4.78 is 23.6. The Bertz CT molecular complexity index is 1010. The monoisotopic (exact) mass is 360 g/mol. The zero-order valence-electron chi connectivity index (χ0n) is 13.2. The molecule has 0 aliphatic carbocycles. The van der Waals surface area contributed by atoms with Crippen LogP contribution in [0.1, 0.15) is 21.5 Å². The van der Waals surface area contributed by atoms with Crippen LogP contribution in [0.15, 0.2) is 42.5 Å². The van der Waals surface area contributed by atoms with E-state index in [-0.39, 0.29) is 11.7 Å². The number of nitrogens with one attached hydrogen (secondary N) is 1. The van der Waals surface area contributed by atoms with Crippen molar-refractivity contribution in [3.8, 4) is 0 Å². The van der Waals surface area contributed by atoms with Gasteiger partial charge in [0.1, 0.15) is 0 Å². The third-order valence-corrected chi connectivity index (χ3v) is 5.28. The molecule has 0 aliphatic rings. The minimum atomic E-state index is -3.09. The summed E-state index contributed by atoms with van der Waals surface area (Å²) in [6.45, 7) is 1.98. The molecule has 0 bridgehead atoms. The van der Waals surface area contributed by atoms with Crippen molar-refractivity contribution in [3.63, 3.8) is 0 Å². The molecule has 0 unspecified atom stereocenters. The van der Waals surface area contributed by atoms with E-state index in [0.29, 0.717) is 16.3 Å². The molecule has 0 aliphatic heterocycles. The van der Waals surface area contributed by atoms with Crippen LogP contribution >= 0.6 is 11.3 Å². The number of aryl methyl sites for hydroxylation is 1. The number of amides is 1. The van der Waals surface area contributed by atoms with E-state index < -0.39 is 9.84 Å². The van der Waals surface area contributed by atoms with Crippen LogP contribution in [-0.2, 0) is 15.6 Å². The average Bonchev–Trinajstić information content (AvgIpc) is 2.90. The third kappa shape index (κ3) is 3.80. The van der Waals surface area contributed by atoms with E-state index in [1.807, 2.05) is 25.1 Å². The molecule has 0 spiro atoms. The van der Waals surface area contributed by atoms with E-state index >= 15 is 0 Å². The molecule has 1 aromatic heterocycles. The number of rotatable bonds is 4. The largest absolute Gasteiger partial charge is 0.298 e. The Morgan fingerprint density at radius 1 is 1.17 bits per heavy atom. The molecule has 0 fully saturated rings.